The number of carbonyl (C=O) groups excluding carboxylic acids is 1. The first-order valence-electron chi connectivity index (χ1n) is 22.6. The van der Waals surface area contributed by atoms with Crippen LogP contribution in [0, 0.1) is 0 Å². The van der Waals surface area contributed by atoms with Crippen molar-refractivity contribution >= 4 is 5.97 Å². The summed E-state index contributed by atoms with van der Waals surface area (Å²) in [6, 6.07) is 0.694. The molecule has 3 atom stereocenters. The van der Waals surface area contributed by atoms with E-state index in [1.165, 1.54) is 103 Å². The molecule has 0 fully saturated rings. The third-order valence-corrected chi connectivity index (χ3v) is 10.8. The minimum absolute atomic E-state index is 0.0709. The molecule has 0 saturated carbocycles. The van der Waals surface area contributed by atoms with Gasteiger partial charge in [-0.3, -0.25) is 14.6 Å². The van der Waals surface area contributed by atoms with Crippen molar-refractivity contribution in [2.24, 2.45) is 0 Å². The molecule has 0 rings (SSSR count). The number of ether oxygens (including phenoxy) is 2. The lowest BCUT2D eigenvalue weighted by molar-refractivity contribution is -0.144. The molecule has 0 aliphatic carbocycles. The second-order valence-corrected chi connectivity index (χ2v) is 15.7. The second kappa shape index (κ2) is 38.5. The molecule has 0 aromatic heterocycles. The van der Waals surface area contributed by atoms with Gasteiger partial charge in [0.15, 0.2) is 6.29 Å². The standard InChI is InChI=1S/C44H91N3O5/c1-7-11-15-23-31-45(32-24-16-12-8-2)36-39-51-43(49)29-21-19-27-41(5)47(35-38-48)42(6)28-20-22-30-44(50)52-40-37-46(33-25-17-13-9-3)34-26-18-14-10-4/h41-43,48-49H,7-40H2,1-6H3. The van der Waals surface area contributed by atoms with E-state index in [1.807, 2.05) is 0 Å². The molecule has 312 valence electrons. The molecular formula is C44H91N3O5. The summed E-state index contributed by atoms with van der Waals surface area (Å²) < 4.78 is 11.5. The molecule has 0 heterocycles. The quantitative estimate of drug-likeness (QED) is 0.0364. The summed E-state index contributed by atoms with van der Waals surface area (Å²) in [5.41, 5.74) is 0. The molecule has 0 aliphatic heterocycles. The van der Waals surface area contributed by atoms with Crippen LogP contribution < -0.4 is 0 Å². The fourth-order valence-corrected chi connectivity index (χ4v) is 7.27. The van der Waals surface area contributed by atoms with Crippen molar-refractivity contribution in [2.45, 2.75) is 214 Å². The maximum atomic E-state index is 12.5. The first-order valence-corrected chi connectivity index (χ1v) is 22.6. The van der Waals surface area contributed by atoms with Gasteiger partial charge in [-0.15, -0.1) is 0 Å². The van der Waals surface area contributed by atoms with Gasteiger partial charge in [0.05, 0.1) is 13.2 Å². The summed E-state index contributed by atoms with van der Waals surface area (Å²) in [4.78, 5) is 19.9. The van der Waals surface area contributed by atoms with Gasteiger partial charge in [0, 0.05) is 38.1 Å². The molecule has 8 heteroatoms. The molecule has 2 N–H and O–H groups in total. The molecule has 0 bridgehead atoms. The van der Waals surface area contributed by atoms with Crippen LogP contribution in [0.2, 0.25) is 0 Å². The van der Waals surface area contributed by atoms with E-state index in [2.05, 4.69) is 56.2 Å². The van der Waals surface area contributed by atoms with Crippen LogP contribution in [-0.2, 0) is 14.3 Å². The van der Waals surface area contributed by atoms with Crippen molar-refractivity contribution in [3.05, 3.63) is 0 Å². The molecule has 0 aromatic carbocycles. The Morgan fingerprint density at radius 1 is 0.519 bits per heavy atom. The molecule has 0 amide bonds. The number of hydrogen-bond acceptors (Lipinski definition) is 8. The first-order chi connectivity index (χ1) is 25.3. The highest BCUT2D eigenvalue weighted by atomic mass is 16.6. The van der Waals surface area contributed by atoms with E-state index in [1.54, 1.807) is 0 Å². The van der Waals surface area contributed by atoms with Gasteiger partial charge >= 0.3 is 5.97 Å². The smallest absolute Gasteiger partial charge is 0.305 e. The van der Waals surface area contributed by atoms with Crippen molar-refractivity contribution in [1.29, 1.82) is 0 Å². The molecule has 0 aliphatic rings. The predicted molar refractivity (Wildman–Crippen MR) is 222 cm³/mol. The summed E-state index contributed by atoms with van der Waals surface area (Å²) in [5.74, 6) is -0.0709. The number of aliphatic hydroxyl groups is 2. The lowest BCUT2D eigenvalue weighted by Crippen LogP contribution is -2.42. The fourth-order valence-electron chi connectivity index (χ4n) is 7.27. The second-order valence-electron chi connectivity index (χ2n) is 15.7. The van der Waals surface area contributed by atoms with E-state index in [9.17, 15) is 15.0 Å². The first kappa shape index (κ1) is 51.2. The minimum Gasteiger partial charge on any atom is -0.464 e. The SMILES string of the molecule is CCCCCCN(CCCCCC)CCOC(=O)CCCCC(C)N(CCO)C(C)CCCCC(O)OCCN(CCCCCC)CCCCCC. The monoisotopic (exact) mass is 742 g/mol. The molecule has 3 unspecified atom stereocenters. The molecular weight excluding hydrogens is 650 g/mol. The van der Waals surface area contributed by atoms with Crippen LogP contribution in [-0.4, -0.2) is 115 Å². The summed E-state index contributed by atoms with van der Waals surface area (Å²) in [5, 5.41) is 20.3. The van der Waals surface area contributed by atoms with Gasteiger partial charge in [-0.2, -0.15) is 0 Å². The Balaban J connectivity index is 4.35. The Hall–Kier alpha value is -0.770. The van der Waals surface area contributed by atoms with Crippen LogP contribution in [0.4, 0.5) is 0 Å². The number of hydrogen-bond donors (Lipinski definition) is 2. The zero-order valence-electron chi connectivity index (χ0n) is 35.7. The fraction of sp³-hybridized carbons (Fsp3) is 0.977. The van der Waals surface area contributed by atoms with E-state index in [4.69, 9.17) is 9.47 Å². The lowest BCUT2D eigenvalue weighted by atomic mass is 10.0. The van der Waals surface area contributed by atoms with Crippen LogP contribution in [0.1, 0.15) is 196 Å². The Kier molecular flexibility index (Phi) is 37.9. The maximum Gasteiger partial charge on any atom is 0.305 e. The largest absolute Gasteiger partial charge is 0.464 e. The predicted octanol–water partition coefficient (Wildman–Crippen LogP) is 9.98. The average molecular weight is 742 g/mol. The Morgan fingerprint density at radius 3 is 1.38 bits per heavy atom. The highest BCUT2D eigenvalue weighted by Crippen LogP contribution is 2.18. The van der Waals surface area contributed by atoms with Crippen LogP contribution in [0.15, 0.2) is 0 Å². The van der Waals surface area contributed by atoms with E-state index in [-0.39, 0.29) is 12.6 Å². The average Bonchev–Trinajstić information content (AvgIpc) is 3.13. The third-order valence-electron chi connectivity index (χ3n) is 10.8. The Bertz CT molecular complexity index is 721. The number of aliphatic hydroxyl groups excluding tert-OH is 2. The van der Waals surface area contributed by atoms with Crippen LogP contribution in [0.25, 0.3) is 0 Å². The van der Waals surface area contributed by atoms with Gasteiger partial charge in [0.2, 0.25) is 0 Å². The van der Waals surface area contributed by atoms with Gasteiger partial charge in [0.1, 0.15) is 6.61 Å². The molecule has 0 radical (unpaired) electrons. The van der Waals surface area contributed by atoms with Gasteiger partial charge < -0.3 is 24.6 Å². The highest BCUT2D eigenvalue weighted by molar-refractivity contribution is 5.69. The number of esters is 1. The zero-order chi connectivity index (χ0) is 38.5. The van der Waals surface area contributed by atoms with Crippen molar-refractivity contribution in [2.75, 3.05) is 65.6 Å². The van der Waals surface area contributed by atoms with Gasteiger partial charge in [0.25, 0.3) is 0 Å². The van der Waals surface area contributed by atoms with E-state index >= 15 is 0 Å². The van der Waals surface area contributed by atoms with E-state index in [0.29, 0.717) is 44.7 Å². The summed E-state index contributed by atoms with van der Waals surface area (Å²) in [6.45, 7) is 21.7. The van der Waals surface area contributed by atoms with Crippen molar-refractivity contribution in [3.63, 3.8) is 0 Å². The summed E-state index contributed by atoms with van der Waals surface area (Å²) in [6.07, 6.45) is 26.7. The third kappa shape index (κ3) is 31.6. The molecule has 0 saturated heterocycles. The summed E-state index contributed by atoms with van der Waals surface area (Å²) in [7, 11) is 0. The van der Waals surface area contributed by atoms with Crippen molar-refractivity contribution < 1.29 is 24.5 Å². The van der Waals surface area contributed by atoms with Gasteiger partial charge in [-0.25, -0.2) is 0 Å². The lowest BCUT2D eigenvalue weighted by Gasteiger charge is -2.34. The maximum absolute atomic E-state index is 12.5. The number of carbonyl (C=O) groups is 1. The number of nitrogens with zero attached hydrogens (tertiary/aromatic N) is 3. The highest BCUT2D eigenvalue weighted by Gasteiger charge is 2.20. The topological polar surface area (TPSA) is 85.7 Å². The van der Waals surface area contributed by atoms with Crippen LogP contribution in [0.3, 0.4) is 0 Å². The van der Waals surface area contributed by atoms with Crippen LogP contribution >= 0.6 is 0 Å². The Labute approximate surface area is 324 Å². The number of unbranched alkanes of at least 4 members (excludes halogenated alkanes) is 14. The summed E-state index contributed by atoms with van der Waals surface area (Å²) >= 11 is 0. The minimum atomic E-state index is -0.693. The van der Waals surface area contributed by atoms with Crippen molar-refractivity contribution in [1.82, 2.24) is 14.7 Å². The number of rotatable bonds is 41. The normalized spacial score (nSPS) is 13.8. The molecule has 0 spiro atoms. The van der Waals surface area contributed by atoms with E-state index in [0.717, 1.165) is 77.8 Å². The zero-order valence-corrected chi connectivity index (χ0v) is 35.7. The molecule has 0 aromatic rings. The van der Waals surface area contributed by atoms with Gasteiger partial charge in [-0.1, -0.05) is 118 Å². The molecule has 8 nitrogen and oxygen atoms in total. The van der Waals surface area contributed by atoms with E-state index < -0.39 is 6.29 Å². The van der Waals surface area contributed by atoms with Gasteiger partial charge in [-0.05, 0) is 97.8 Å². The molecule has 52 heavy (non-hydrogen) atoms. The van der Waals surface area contributed by atoms with Crippen LogP contribution in [0.5, 0.6) is 0 Å². The Morgan fingerprint density at radius 2 is 0.942 bits per heavy atom. The van der Waals surface area contributed by atoms with Crippen molar-refractivity contribution in [3.8, 4) is 0 Å².